The lowest BCUT2D eigenvalue weighted by Gasteiger charge is -2.32. The summed E-state index contributed by atoms with van der Waals surface area (Å²) in [7, 11) is -3.59. The first-order valence-electron chi connectivity index (χ1n) is 9.82. The van der Waals surface area contributed by atoms with Crippen LogP contribution in [-0.4, -0.2) is 48.8 Å². The number of nitrogens with zero attached hydrogens (tertiary/aromatic N) is 2. The number of nitrogens with one attached hydrogen (secondary N) is 1. The van der Waals surface area contributed by atoms with Gasteiger partial charge in [-0.25, -0.2) is 18.2 Å². The summed E-state index contributed by atoms with van der Waals surface area (Å²) >= 11 is 1.04. The highest BCUT2D eigenvalue weighted by Gasteiger charge is 2.31. The van der Waals surface area contributed by atoms with E-state index in [1.807, 2.05) is 6.92 Å². The molecule has 1 aromatic carbocycles. The van der Waals surface area contributed by atoms with Crippen molar-refractivity contribution in [2.24, 2.45) is 0 Å². The van der Waals surface area contributed by atoms with Crippen molar-refractivity contribution in [1.29, 1.82) is 0 Å². The lowest BCUT2D eigenvalue weighted by molar-refractivity contribution is 0.0531. The molecule has 1 aliphatic heterocycles. The summed E-state index contributed by atoms with van der Waals surface area (Å²) in [6, 6.07) is 5.81. The van der Waals surface area contributed by atoms with E-state index in [0.29, 0.717) is 22.7 Å². The van der Waals surface area contributed by atoms with E-state index in [9.17, 15) is 18.0 Å². The summed E-state index contributed by atoms with van der Waals surface area (Å²) in [5.74, 6) is -0.913. The first-order valence-corrected chi connectivity index (χ1v) is 12.1. The van der Waals surface area contributed by atoms with Gasteiger partial charge in [0.15, 0.2) is 5.13 Å². The van der Waals surface area contributed by atoms with E-state index < -0.39 is 21.9 Å². The van der Waals surface area contributed by atoms with E-state index in [4.69, 9.17) is 4.74 Å². The number of ether oxygens (including phenoxy) is 1. The zero-order valence-corrected chi connectivity index (χ0v) is 18.8. The molecule has 0 spiro atoms. The van der Waals surface area contributed by atoms with E-state index in [-0.39, 0.29) is 22.7 Å². The predicted molar refractivity (Wildman–Crippen MR) is 114 cm³/mol. The number of rotatable bonds is 6. The van der Waals surface area contributed by atoms with Crippen molar-refractivity contribution < 1.29 is 22.7 Å². The highest BCUT2D eigenvalue weighted by atomic mass is 32.2. The van der Waals surface area contributed by atoms with Crippen LogP contribution in [0.3, 0.4) is 0 Å². The molecule has 1 aromatic heterocycles. The summed E-state index contributed by atoms with van der Waals surface area (Å²) in [4.78, 5) is 29.1. The Morgan fingerprint density at radius 3 is 2.60 bits per heavy atom. The van der Waals surface area contributed by atoms with Crippen LogP contribution in [-0.2, 0) is 14.8 Å². The van der Waals surface area contributed by atoms with Crippen LogP contribution in [0.2, 0.25) is 0 Å². The van der Waals surface area contributed by atoms with Crippen LogP contribution in [0.15, 0.2) is 29.2 Å². The van der Waals surface area contributed by atoms with E-state index in [2.05, 4.69) is 10.3 Å². The van der Waals surface area contributed by atoms with Crippen LogP contribution in [0, 0.1) is 6.92 Å². The Morgan fingerprint density at radius 1 is 1.27 bits per heavy atom. The molecular weight excluding hydrogens is 426 g/mol. The molecule has 1 N–H and O–H groups in total. The molecule has 1 unspecified atom stereocenters. The molecule has 1 amide bonds. The summed E-state index contributed by atoms with van der Waals surface area (Å²) in [6.07, 6.45) is 2.73. The van der Waals surface area contributed by atoms with Gasteiger partial charge in [-0.1, -0.05) is 17.8 Å². The average Bonchev–Trinajstić information content (AvgIpc) is 3.08. The predicted octanol–water partition coefficient (Wildman–Crippen LogP) is 3.44. The fourth-order valence-electron chi connectivity index (χ4n) is 3.35. The Hall–Kier alpha value is -2.30. The second-order valence-corrected chi connectivity index (χ2v) is 9.98. The van der Waals surface area contributed by atoms with Crippen LogP contribution < -0.4 is 5.32 Å². The van der Waals surface area contributed by atoms with Gasteiger partial charge in [-0.2, -0.15) is 4.31 Å². The molecule has 2 aromatic rings. The molecule has 1 atom stereocenters. The summed E-state index contributed by atoms with van der Waals surface area (Å²) in [6.45, 7) is 6.06. The van der Waals surface area contributed by atoms with Gasteiger partial charge >= 0.3 is 5.97 Å². The molecule has 8 nitrogen and oxygen atoms in total. The van der Waals surface area contributed by atoms with Crippen molar-refractivity contribution in [3.8, 4) is 0 Å². The molecule has 1 fully saturated rings. The Morgan fingerprint density at radius 2 is 1.97 bits per heavy atom. The zero-order valence-electron chi connectivity index (χ0n) is 17.2. The summed E-state index contributed by atoms with van der Waals surface area (Å²) in [5.41, 5.74) is 0.775. The van der Waals surface area contributed by atoms with Crippen molar-refractivity contribution in [2.45, 2.75) is 51.0 Å². The van der Waals surface area contributed by atoms with E-state index in [1.54, 1.807) is 13.8 Å². The number of esters is 1. The molecule has 1 aliphatic rings. The number of benzene rings is 1. The van der Waals surface area contributed by atoms with Gasteiger partial charge in [0.2, 0.25) is 10.0 Å². The number of piperidine rings is 1. The number of anilines is 1. The lowest BCUT2D eigenvalue weighted by atomic mass is 10.1. The molecular formula is C20H25N3O5S2. The van der Waals surface area contributed by atoms with E-state index in [0.717, 1.165) is 30.6 Å². The van der Waals surface area contributed by atoms with Gasteiger partial charge in [0.1, 0.15) is 4.88 Å². The number of thiazole rings is 1. The maximum Gasteiger partial charge on any atom is 0.350 e. The minimum absolute atomic E-state index is 0.0338. The third-order valence-electron chi connectivity index (χ3n) is 4.94. The second-order valence-electron chi connectivity index (χ2n) is 7.09. The van der Waals surface area contributed by atoms with Crippen molar-refractivity contribution in [3.05, 3.63) is 40.4 Å². The topological polar surface area (TPSA) is 106 Å². The van der Waals surface area contributed by atoms with Gasteiger partial charge in [0.25, 0.3) is 5.91 Å². The molecule has 0 aliphatic carbocycles. The number of hydrogen-bond donors (Lipinski definition) is 1. The molecule has 0 radical (unpaired) electrons. The molecule has 3 rings (SSSR count). The quantitative estimate of drug-likeness (QED) is 0.675. The summed E-state index contributed by atoms with van der Waals surface area (Å²) < 4.78 is 32.3. The molecule has 10 heteroatoms. The van der Waals surface area contributed by atoms with Gasteiger partial charge < -0.3 is 4.74 Å². The number of aromatic nitrogens is 1. The van der Waals surface area contributed by atoms with Gasteiger partial charge in [-0.05, 0) is 57.9 Å². The van der Waals surface area contributed by atoms with Crippen molar-refractivity contribution in [2.75, 3.05) is 18.5 Å². The highest BCUT2D eigenvalue weighted by molar-refractivity contribution is 7.89. The number of hydrogen-bond acceptors (Lipinski definition) is 7. The largest absolute Gasteiger partial charge is 0.462 e. The minimum Gasteiger partial charge on any atom is -0.462 e. The molecule has 0 saturated carbocycles. The zero-order chi connectivity index (χ0) is 21.9. The number of amides is 1. The molecule has 2 heterocycles. The average molecular weight is 452 g/mol. The monoisotopic (exact) mass is 451 g/mol. The number of carbonyl (C=O) groups is 2. The van der Waals surface area contributed by atoms with Crippen LogP contribution in [0.4, 0.5) is 5.13 Å². The maximum absolute atomic E-state index is 12.9. The van der Waals surface area contributed by atoms with Crippen LogP contribution in [0.1, 0.15) is 58.8 Å². The van der Waals surface area contributed by atoms with Gasteiger partial charge in [0.05, 0.1) is 17.2 Å². The van der Waals surface area contributed by atoms with Gasteiger partial charge in [-0.3, -0.25) is 10.1 Å². The van der Waals surface area contributed by atoms with Crippen molar-refractivity contribution in [3.63, 3.8) is 0 Å². The second kappa shape index (κ2) is 9.23. The SMILES string of the molecule is CCOC(=O)c1sc(NC(=O)c2ccc(S(=O)(=O)N3CCCCC3C)cc2)nc1C. The Kier molecular flexibility index (Phi) is 6.89. The van der Waals surface area contributed by atoms with Gasteiger partial charge in [0, 0.05) is 18.2 Å². The van der Waals surface area contributed by atoms with E-state index >= 15 is 0 Å². The smallest absolute Gasteiger partial charge is 0.350 e. The first-order chi connectivity index (χ1) is 14.2. The maximum atomic E-state index is 12.9. The van der Waals surface area contributed by atoms with Crippen LogP contribution in [0.5, 0.6) is 0 Å². The van der Waals surface area contributed by atoms with Crippen molar-refractivity contribution >= 4 is 38.4 Å². The van der Waals surface area contributed by atoms with E-state index in [1.165, 1.54) is 28.6 Å². The Balaban J connectivity index is 1.73. The normalized spacial score (nSPS) is 17.5. The Labute approximate surface area is 180 Å². The number of aryl methyl sites for hydroxylation is 1. The fraction of sp³-hybridized carbons (Fsp3) is 0.450. The lowest BCUT2D eigenvalue weighted by Crippen LogP contribution is -2.41. The Bertz CT molecular complexity index is 1030. The third kappa shape index (κ3) is 4.71. The first kappa shape index (κ1) is 22.4. The van der Waals surface area contributed by atoms with Gasteiger partial charge in [-0.15, -0.1) is 0 Å². The molecule has 30 heavy (non-hydrogen) atoms. The fourth-order valence-corrected chi connectivity index (χ4v) is 5.90. The standard InChI is InChI=1S/C20H25N3O5S2/c1-4-28-19(25)17-14(3)21-20(29-17)22-18(24)15-8-10-16(11-9-15)30(26,27)23-12-6-5-7-13(23)2/h8-11,13H,4-7,12H2,1-3H3,(H,21,22,24). The number of carbonyl (C=O) groups excluding carboxylic acids is 2. The summed E-state index contributed by atoms with van der Waals surface area (Å²) in [5, 5.41) is 2.92. The van der Waals surface area contributed by atoms with Crippen molar-refractivity contribution in [1.82, 2.24) is 9.29 Å². The van der Waals surface area contributed by atoms with Crippen LogP contribution in [0.25, 0.3) is 0 Å². The molecule has 0 bridgehead atoms. The van der Waals surface area contributed by atoms with Crippen LogP contribution >= 0.6 is 11.3 Å². The number of sulfonamides is 1. The molecule has 162 valence electrons. The minimum atomic E-state index is -3.59. The molecule has 1 saturated heterocycles. The highest BCUT2D eigenvalue weighted by Crippen LogP contribution is 2.26. The third-order valence-corrected chi connectivity index (χ3v) is 8.02.